The smallest absolute Gasteiger partial charge is 0.326 e. The first kappa shape index (κ1) is 16.5. The van der Waals surface area contributed by atoms with Crippen molar-refractivity contribution in [2.45, 2.75) is 52.1 Å². The van der Waals surface area contributed by atoms with Crippen LogP contribution in [0.5, 0.6) is 0 Å². The number of carbonyl (C=O) groups is 2. The van der Waals surface area contributed by atoms with Crippen molar-refractivity contribution in [3.8, 4) is 0 Å². The molecule has 0 fully saturated rings. The van der Waals surface area contributed by atoms with Crippen LogP contribution < -0.4 is 0 Å². The maximum absolute atomic E-state index is 12.1. The minimum Gasteiger partial charge on any atom is -0.503 e. The molecule has 0 spiro atoms. The van der Waals surface area contributed by atoms with Crippen molar-refractivity contribution in [2.75, 3.05) is 6.61 Å². The van der Waals surface area contributed by atoms with Crippen LogP contribution in [0.3, 0.4) is 0 Å². The van der Waals surface area contributed by atoms with Crippen LogP contribution in [-0.2, 0) is 9.59 Å². The zero-order valence-corrected chi connectivity index (χ0v) is 12.2. The van der Waals surface area contributed by atoms with Crippen LogP contribution in [0.25, 0.3) is 0 Å². The van der Waals surface area contributed by atoms with Crippen LogP contribution in [0.1, 0.15) is 40.0 Å². The lowest BCUT2D eigenvalue weighted by molar-refractivity contribution is -0.150. The Morgan fingerprint density at radius 2 is 2.00 bits per heavy atom. The number of carboxylic acids is 1. The van der Waals surface area contributed by atoms with E-state index in [4.69, 9.17) is 0 Å². The van der Waals surface area contributed by atoms with Crippen molar-refractivity contribution in [1.29, 1.82) is 0 Å². The molecule has 3 N–H and O–H groups in total. The predicted molar refractivity (Wildman–Crippen MR) is 73.2 cm³/mol. The summed E-state index contributed by atoms with van der Waals surface area (Å²) in [6.45, 7) is 5.14. The van der Waals surface area contributed by atoms with Crippen molar-refractivity contribution in [3.05, 3.63) is 11.3 Å². The van der Waals surface area contributed by atoms with E-state index in [-0.39, 0.29) is 12.5 Å². The highest BCUT2D eigenvalue weighted by atomic mass is 16.4. The molecule has 1 rings (SSSR count). The first-order valence-corrected chi connectivity index (χ1v) is 6.96. The van der Waals surface area contributed by atoms with E-state index < -0.39 is 29.7 Å². The van der Waals surface area contributed by atoms with Crippen LogP contribution >= 0.6 is 0 Å². The molecule has 0 bridgehead atoms. The first-order valence-electron chi connectivity index (χ1n) is 6.96. The van der Waals surface area contributed by atoms with E-state index in [0.717, 1.165) is 11.3 Å². The van der Waals surface area contributed by atoms with Crippen LogP contribution in [0, 0.1) is 5.92 Å². The highest BCUT2D eigenvalue weighted by Gasteiger charge is 2.45. The number of nitrogens with zero attached hydrogens (tertiary/aromatic N) is 1. The van der Waals surface area contributed by atoms with E-state index in [1.54, 1.807) is 13.8 Å². The van der Waals surface area contributed by atoms with E-state index >= 15 is 0 Å². The van der Waals surface area contributed by atoms with Crippen LogP contribution in [0.2, 0.25) is 0 Å². The number of rotatable bonds is 7. The van der Waals surface area contributed by atoms with Gasteiger partial charge in [0.25, 0.3) is 5.91 Å². The monoisotopic (exact) mass is 285 g/mol. The third-order valence-corrected chi connectivity index (χ3v) is 3.65. The summed E-state index contributed by atoms with van der Waals surface area (Å²) in [5.74, 6) is -2.36. The van der Waals surface area contributed by atoms with Gasteiger partial charge in [0, 0.05) is 5.57 Å². The van der Waals surface area contributed by atoms with Gasteiger partial charge in [-0.3, -0.25) is 4.79 Å². The fourth-order valence-corrected chi connectivity index (χ4v) is 2.68. The fourth-order valence-electron chi connectivity index (χ4n) is 2.68. The van der Waals surface area contributed by atoms with E-state index in [0.29, 0.717) is 18.4 Å². The third kappa shape index (κ3) is 2.95. The molecule has 114 valence electrons. The molecule has 1 aliphatic rings. The molecule has 0 aliphatic carbocycles. The largest absolute Gasteiger partial charge is 0.503 e. The van der Waals surface area contributed by atoms with Gasteiger partial charge < -0.3 is 20.2 Å². The third-order valence-electron chi connectivity index (χ3n) is 3.65. The number of aliphatic hydroxyl groups is 2. The molecule has 1 aliphatic heterocycles. The van der Waals surface area contributed by atoms with Gasteiger partial charge >= 0.3 is 5.97 Å². The lowest BCUT2D eigenvalue weighted by Gasteiger charge is -2.31. The molecular formula is C14H23NO5. The Hall–Kier alpha value is -1.56. The second-order valence-corrected chi connectivity index (χ2v) is 5.37. The SMILES string of the molecule is CCCCC(C(=O)O)N1C(=O)C(O)=C(C(C)C)C1CO. The van der Waals surface area contributed by atoms with Gasteiger partial charge in [-0.05, 0) is 12.3 Å². The Bertz CT molecular complexity index is 416. The molecule has 2 unspecified atom stereocenters. The summed E-state index contributed by atoms with van der Waals surface area (Å²) in [6, 6.07) is -1.77. The average molecular weight is 285 g/mol. The molecule has 0 aromatic carbocycles. The molecule has 0 saturated heterocycles. The Balaban J connectivity index is 3.11. The van der Waals surface area contributed by atoms with Crippen LogP contribution in [0.4, 0.5) is 0 Å². The van der Waals surface area contributed by atoms with E-state index in [1.165, 1.54) is 0 Å². The predicted octanol–water partition coefficient (Wildman–Crippen LogP) is 1.30. The summed E-state index contributed by atoms with van der Waals surface area (Å²) in [7, 11) is 0. The van der Waals surface area contributed by atoms with E-state index in [9.17, 15) is 24.9 Å². The number of aliphatic carboxylic acids is 1. The summed E-state index contributed by atoms with van der Waals surface area (Å²) < 4.78 is 0. The molecule has 0 aromatic rings. The van der Waals surface area contributed by atoms with Crippen molar-refractivity contribution in [1.82, 2.24) is 4.90 Å². The normalized spacial score (nSPS) is 20.9. The van der Waals surface area contributed by atoms with Crippen molar-refractivity contribution in [2.24, 2.45) is 5.92 Å². The Morgan fingerprint density at radius 3 is 2.40 bits per heavy atom. The Kier molecular flexibility index (Phi) is 5.56. The lowest BCUT2D eigenvalue weighted by atomic mass is 9.96. The standard InChI is InChI=1S/C14H23NO5/c1-4-5-6-9(14(19)20)15-10(7-16)11(8(2)3)12(17)13(15)18/h8-10,16-17H,4-7H2,1-3H3,(H,19,20). The molecule has 1 amide bonds. The van der Waals surface area contributed by atoms with Gasteiger partial charge in [-0.2, -0.15) is 0 Å². The number of hydrogen-bond donors (Lipinski definition) is 3. The number of hydrogen-bond acceptors (Lipinski definition) is 4. The van der Waals surface area contributed by atoms with Gasteiger partial charge in [-0.15, -0.1) is 0 Å². The van der Waals surface area contributed by atoms with Crippen molar-refractivity contribution in [3.63, 3.8) is 0 Å². The first-order chi connectivity index (χ1) is 9.36. The molecule has 2 atom stereocenters. The summed E-state index contributed by atoms with van der Waals surface area (Å²) in [5.41, 5.74) is 0.417. The molecule has 6 nitrogen and oxygen atoms in total. The highest BCUT2D eigenvalue weighted by molar-refractivity contribution is 5.98. The Labute approximate surface area is 118 Å². The topological polar surface area (TPSA) is 98.1 Å². The maximum atomic E-state index is 12.1. The highest BCUT2D eigenvalue weighted by Crippen LogP contribution is 2.32. The second kappa shape index (κ2) is 6.74. The van der Waals surface area contributed by atoms with Gasteiger partial charge in [0.15, 0.2) is 5.76 Å². The zero-order chi connectivity index (χ0) is 15.4. The molecule has 6 heteroatoms. The summed E-state index contributed by atoms with van der Waals surface area (Å²) >= 11 is 0. The van der Waals surface area contributed by atoms with Gasteiger partial charge in [0.2, 0.25) is 0 Å². The number of aliphatic hydroxyl groups excluding tert-OH is 2. The van der Waals surface area contributed by atoms with Gasteiger partial charge in [-0.1, -0.05) is 33.6 Å². The molecule has 20 heavy (non-hydrogen) atoms. The summed E-state index contributed by atoms with van der Waals surface area (Å²) in [4.78, 5) is 24.7. The molecule has 0 aromatic heterocycles. The second-order valence-electron chi connectivity index (χ2n) is 5.37. The van der Waals surface area contributed by atoms with Gasteiger partial charge in [-0.25, -0.2) is 4.79 Å². The van der Waals surface area contributed by atoms with E-state index in [1.807, 2.05) is 6.92 Å². The number of carboxylic acid groups (broad SMARTS) is 1. The minimum absolute atomic E-state index is 0.137. The van der Waals surface area contributed by atoms with Crippen molar-refractivity contribution >= 4 is 11.9 Å². The molecule has 1 heterocycles. The van der Waals surface area contributed by atoms with Crippen LogP contribution in [0.15, 0.2) is 11.3 Å². The average Bonchev–Trinajstić information content (AvgIpc) is 2.63. The van der Waals surface area contributed by atoms with E-state index in [2.05, 4.69) is 0 Å². The van der Waals surface area contributed by atoms with Gasteiger partial charge in [0.05, 0.1) is 12.6 Å². The van der Waals surface area contributed by atoms with Crippen LogP contribution in [-0.4, -0.2) is 50.8 Å². The number of amides is 1. The van der Waals surface area contributed by atoms with Crippen molar-refractivity contribution < 1.29 is 24.9 Å². The summed E-state index contributed by atoms with van der Waals surface area (Å²) in [6.07, 6.45) is 1.79. The molecular weight excluding hydrogens is 262 g/mol. The number of carbonyl (C=O) groups excluding carboxylic acids is 1. The lowest BCUT2D eigenvalue weighted by Crippen LogP contribution is -2.49. The molecule has 0 radical (unpaired) electrons. The van der Waals surface area contributed by atoms with Gasteiger partial charge in [0.1, 0.15) is 6.04 Å². The fraction of sp³-hybridized carbons (Fsp3) is 0.714. The quantitative estimate of drug-likeness (QED) is 0.655. The Morgan fingerprint density at radius 1 is 1.40 bits per heavy atom. The maximum Gasteiger partial charge on any atom is 0.326 e. The number of unbranched alkanes of at least 4 members (excludes halogenated alkanes) is 1. The zero-order valence-electron chi connectivity index (χ0n) is 12.2. The minimum atomic E-state index is -1.11. The summed E-state index contributed by atoms with van der Waals surface area (Å²) in [5, 5.41) is 28.8. The molecule has 0 saturated carbocycles.